The van der Waals surface area contributed by atoms with Crippen molar-refractivity contribution in [2.24, 2.45) is 0 Å². The molecule has 0 saturated carbocycles. The highest BCUT2D eigenvalue weighted by molar-refractivity contribution is 6.02. The summed E-state index contributed by atoms with van der Waals surface area (Å²) in [5.41, 5.74) is 1.55. The molecule has 0 aromatic heterocycles. The molecule has 0 heterocycles. The predicted octanol–water partition coefficient (Wildman–Crippen LogP) is 5.98. The molecule has 0 N–H and O–H groups in total. The van der Waals surface area contributed by atoms with Gasteiger partial charge in [-0.3, -0.25) is 0 Å². The predicted molar refractivity (Wildman–Crippen MR) is 138 cm³/mol. The Morgan fingerprint density at radius 2 is 0.649 bits per heavy atom. The van der Waals surface area contributed by atoms with Crippen LogP contribution in [0.1, 0.15) is 48.9 Å². The average molecular weight is 499 g/mol. The monoisotopic (exact) mass is 498 g/mol. The maximum Gasteiger partial charge on any atom is 0.346 e. The third kappa shape index (κ3) is 9.26. The van der Waals surface area contributed by atoms with Gasteiger partial charge in [0.05, 0.1) is 22.3 Å². The molecular weight excluding hydrogens is 472 g/mol. The number of benzene rings is 4. The van der Waals surface area contributed by atoms with Crippen LogP contribution in [0.25, 0.3) is 0 Å². The fourth-order valence-electron chi connectivity index (χ4n) is 2.80. The topological polar surface area (TPSA) is 96.0 Å². The van der Waals surface area contributed by atoms with Gasteiger partial charge in [-0.15, -0.1) is 0 Å². The fraction of sp³-hybridized carbons (Fsp3) is 0.0667. The van der Waals surface area contributed by atoms with E-state index in [9.17, 15) is 19.2 Å². The molecule has 0 aliphatic rings. The molecule has 0 spiro atoms. The third-order valence-corrected chi connectivity index (χ3v) is 4.60. The smallest absolute Gasteiger partial charge is 0.346 e. The molecule has 0 amide bonds. The van der Waals surface area contributed by atoms with Crippen LogP contribution in [0, 0.1) is 0 Å². The van der Waals surface area contributed by atoms with Crippen molar-refractivity contribution in [3.63, 3.8) is 0 Å². The molecule has 7 nitrogen and oxygen atoms in total. The number of ether oxygens (including phenoxy) is 3. The summed E-state index contributed by atoms with van der Waals surface area (Å²) in [7, 11) is 0. The summed E-state index contributed by atoms with van der Waals surface area (Å²) in [6.07, 6.45) is 0. The van der Waals surface area contributed by atoms with Gasteiger partial charge in [-0.05, 0) is 48.5 Å². The highest BCUT2D eigenvalue weighted by Gasteiger charge is 2.14. The summed E-state index contributed by atoms with van der Waals surface area (Å²) in [6, 6.07) is 33.8. The molecule has 0 aliphatic heterocycles. The van der Waals surface area contributed by atoms with Crippen LogP contribution in [0.3, 0.4) is 0 Å². The van der Waals surface area contributed by atoms with Gasteiger partial charge in [-0.1, -0.05) is 80.2 Å². The van der Waals surface area contributed by atoms with Gasteiger partial charge in [0.2, 0.25) is 6.79 Å². The first kappa shape index (κ1) is 28.2. The van der Waals surface area contributed by atoms with Gasteiger partial charge in [0, 0.05) is 0 Å². The second-order valence-corrected chi connectivity index (χ2v) is 7.12. The number of carbonyl (C=O) groups excluding carboxylic acids is 4. The molecule has 37 heavy (non-hydrogen) atoms. The fourth-order valence-corrected chi connectivity index (χ4v) is 2.80. The van der Waals surface area contributed by atoms with E-state index in [2.05, 4.69) is 0 Å². The second kappa shape index (κ2) is 15.1. The van der Waals surface area contributed by atoms with Crippen molar-refractivity contribution in [2.45, 2.75) is 7.43 Å². The van der Waals surface area contributed by atoms with Crippen LogP contribution in [0.4, 0.5) is 0 Å². The third-order valence-electron chi connectivity index (χ3n) is 4.60. The van der Waals surface area contributed by atoms with Crippen LogP contribution in [-0.2, 0) is 14.2 Å². The molecule has 4 rings (SSSR count). The number of hydrogen-bond acceptors (Lipinski definition) is 7. The standard InChI is InChI=1S/C15H12O4.C14H10O3.CH4/c16-14(12-7-3-1-4-8-12)18-11-19-15(17)13-9-5-2-6-10-13;15-13(11-7-3-1-4-8-11)17-14(16)12-9-5-2-6-10-12;/h1-10H,11H2;1-10H;1H4. The quantitative estimate of drug-likeness (QED) is 0.183. The first-order valence-corrected chi connectivity index (χ1v) is 10.9. The molecule has 0 radical (unpaired) electrons. The van der Waals surface area contributed by atoms with E-state index in [1.165, 1.54) is 0 Å². The number of hydrogen-bond donors (Lipinski definition) is 0. The summed E-state index contributed by atoms with van der Waals surface area (Å²) in [5, 5.41) is 0. The highest BCUT2D eigenvalue weighted by atomic mass is 16.7. The Hall–Kier alpha value is -5.04. The zero-order valence-electron chi connectivity index (χ0n) is 19.1. The van der Waals surface area contributed by atoms with Gasteiger partial charge in [0.1, 0.15) is 0 Å². The highest BCUT2D eigenvalue weighted by Crippen LogP contribution is 2.06. The van der Waals surface area contributed by atoms with Gasteiger partial charge < -0.3 is 14.2 Å². The van der Waals surface area contributed by atoms with E-state index in [4.69, 9.17) is 14.2 Å². The Balaban J connectivity index is 0.000000255. The lowest BCUT2D eigenvalue weighted by atomic mass is 10.2. The Morgan fingerprint density at radius 1 is 0.405 bits per heavy atom. The van der Waals surface area contributed by atoms with Crippen molar-refractivity contribution >= 4 is 23.9 Å². The Morgan fingerprint density at radius 3 is 0.919 bits per heavy atom. The van der Waals surface area contributed by atoms with Crippen LogP contribution < -0.4 is 0 Å². The van der Waals surface area contributed by atoms with Gasteiger partial charge in [-0.2, -0.15) is 0 Å². The molecule has 0 bridgehead atoms. The van der Waals surface area contributed by atoms with Crippen LogP contribution in [0.2, 0.25) is 0 Å². The SMILES string of the molecule is C.O=C(OC(=O)c1ccccc1)c1ccccc1.O=C(OCOC(=O)c1ccccc1)c1ccccc1. The van der Waals surface area contributed by atoms with Crippen LogP contribution in [0.5, 0.6) is 0 Å². The maximum atomic E-state index is 11.6. The lowest BCUT2D eigenvalue weighted by Crippen LogP contribution is -2.13. The normalized spacial score (nSPS) is 9.41. The van der Waals surface area contributed by atoms with Gasteiger partial charge >= 0.3 is 23.9 Å². The molecule has 0 unspecified atom stereocenters. The number of carbonyl (C=O) groups is 4. The van der Waals surface area contributed by atoms with Crippen molar-refractivity contribution in [1.29, 1.82) is 0 Å². The van der Waals surface area contributed by atoms with Crippen molar-refractivity contribution in [3.05, 3.63) is 144 Å². The lowest BCUT2D eigenvalue weighted by molar-refractivity contribution is -0.0167. The Labute approximate surface area is 215 Å². The lowest BCUT2D eigenvalue weighted by Gasteiger charge is -2.06. The molecular formula is C30H26O7. The van der Waals surface area contributed by atoms with E-state index in [0.717, 1.165) is 0 Å². The first-order valence-electron chi connectivity index (χ1n) is 10.9. The van der Waals surface area contributed by atoms with E-state index < -0.39 is 30.7 Å². The van der Waals surface area contributed by atoms with Crippen molar-refractivity contribution in [3.8, 4) is 0 Å². The molecule has 188 valence electrons. The van der Waals surface area contributed by atoms with Crippen LogP contribution in [-0.4, -0.2) is 30.7 Å². The van der Waals surface area contributed by atoms with Crippen LogP contribution in [0.15, 0.2) is 121 Å². The molecule has 0 atom stereocenters. The van der Waals surface area contributed by atoms with E-state index >= 15 is 0 Å². The minimum Gasteiger partial charge on any atom is -0.424 e. The van der Waals surface area contributed by atoms with E-state index in [1.54, 1.807) is 121 Å². The van der Waals surface area contributed by atoms with E-state index in [0.29, 0.717) is 22.3 Å². The Kier molecular flexibility index (Phi) is 11.5. The average Bonchev–Trinajstić information content (AvgIpc) is 2.95. The van der Waals surface area contributed by atoms with Crippen molar-refractivity contribution in [1.82, 2.24) is 0 Å². The van der Waals surface area contributed by atoms with E-state index in [1.807, 2.05) is 0 Å². The van der Waals surface area contributed by atoms with Gasteiger partial charge in [0.15, 0.2) is 0 Å². The summed E-state index contributed by atoms with van der Waals surface area (Å²) >= 11 is 0. The number of esters is 4. The van der Waals surface area contributed by atoms with Gasteiger partial charge in [-0.25, -0.2) is 19.2 Å². The summed E-state index contributed by atoms with van der Waals surface area (Å²) < 4.78 is 14.4. The minimum atomic E-state index is -0.639. The largest absolute Gasteiger partial charge is 0.424 e. The van der Waals surface area contributed by atoms with Crippen molar-refractivity contribution in [2.75, 3.05) is 6.79 Å². The first-order chi connectivity index (χ1) is 17.5. The molecule has 0 fully saturated rings. The van der Waals surface area contributed by atoms with Gasteiger partial charge in [0.25, 0.3) is 0 Å². The minimum absolute atomic E-state index is 0. The molecule has 4 aromatic carbocycles. The zero-order chi connectivity index (χ0) is 25.6. The zero-order valence-corrected chi connectivity index (χ0v) is 19.1. The molecule has 0 aliphatic carbocycles. The second-order valence-electron chi connectivity index (χ2n) is 7.12. The molecule has 7 heteroatoms. The number of rotatable bonds is 6. The van der Waals surface area contributed by atoms with Crippen LogP contribution >= 0.6 is 0 Å². The molecule has 0 saturated heterocycles. The Bertz CT molecular complexity index is 1170. The summed E-state index contributed by atoms with van der Waals surface area (Å²) in [6.45, 7) is -0.401. The van der Waals surface area contributed by atoms with E-state index in [-0.39, 0.29) is 7.43 Å². The molecule has 4 aromatic rings. The maximum absolute atomic E-state index is 11.6. The van der Waals surface area contributed by atoms with Crippen molar-refractivity contribution < 1.29 is 33.4 Å². The summed E-state index contributed by atoms with van der Waals surface area (Å²) in [5.74, 6) is -2.33. The summed E-state index contributed by atoms with van der Waals surface area (Å²) in [4.78, 5) is 46.3.